The van der Waals surface area contributed by atoms with Gasteiger partial charge in [-0.05, 0) is 48.7 Å². The van der Waals surface area contributed by atoms with Crippen LogP contribution in [-0.4, -0.2) is 31.7 Å². The molecule has 0 fully saturated rings. The smallest absolute Gasteiger partial charge is 0.251 e. The number of hydrogen-bond donors (Lipinski definition) is 3. The number of ether oxygens (including phenoxy) is 2. The number of nitrogens with one attached hydrogen (secondary N) is 3. The van der Waals surface area contributed by atoms with Gasteiger partial charge in [0.15, 0.2) is 17.5 Å². The fourth-order valence-electron chi connectivity index (χ4n) is 2.87. The van der Waals surface area contributed by atoms with Crippen LogP contribution in [0, 0.1) is 0 Å². The van der Waals surface area contributed by atoms with E-state index in [2.05, 4.69) is 20.9 Å². The first-order valence-electron chi connectivity index (χ1n) is 9.82. The molecule has 2 aromatic carbocycles. The van der Waals surface area contributed by atoms with Crippen molar-refractivity contribution in [2.75, 3.05) is 13.8 Å². The predicted octanol–water partition coefficient (Wildman–Crippen LogP) is 3.43. The van der Waals surface area contributed by atoms with E-state index in [1.807, 2.05) is 56.3 Å². The lowest BCUT2D eigenvalue weighted by atomic mass is 10.1. The van der Waals surface area contributed by atoms with Crippen LogP contribution in [-0.2, 0) is 13.1 Å². The van der Waals surface area contributed by atoms with Gasteiger partial charge in [-0.2, -0.15) is 0 Å². The summed E-state index contributed by atoms with van der Waals surface area (Å²) in [6.07, 6.45) is 0.901. The molecule has 0 spiro atoms. The Balaban J connectivity index is 0.00000320. The molecule has 162 valence electrons. The maximum Gasteiger partial charge on any atom is 0.251 e. The van der Waals surface area contributed by atoms with Crippen molar-refractivity contribution < 1.29 is 14.3 Å². The molecule has 1 heterocycles. The molecular formula is C22H29IN4O3. The van der Waals surface area contributed by atoms with Gasteiger partial charge in [-0.3, -0.25) is 9.79 Å². The molecule has 0 bridgehead atoms. The second-order valence-electron chi connectivity index (χ2n) is 6.95. The van der Waals surface area contributed by atoms with Gasteiger partial charge in [0.2, 0.25) is 6.79 Å². The standard InChI is InChI=1S/C22H28N4O3.HI/c1-4-15(2)26-21(27)18-7-5-6-16(10-18)12-24-22(23-3)25-13-17-8-9-19-20(11-17)29-14-28-19;/h5-11,15H,4,12-14H2,1-3H3,(H,26,27)(H2,23,24,25);1H. The zero-order valence-corrected chi connectivity index (χ0v) is 19.9. The third-order valence-electron chi connectivity index (χ3n) is 4.76. The number of amides is 1. The highest BCUT2D eigenvalue weighted by atomic mass is 127. The number of fused-ring (bicyclic) bond motifs is 1. The van der Waals surface area contributed by atoms with E-state index >= 15 is 0 Å². The second-order valence-corrected chi connectivity index (χ2v) is 6.95. The van der Waals surface area contributed by atoms with Gasteiger partial charge in [-0.15, -0.1) is 24.0 Å². The normalized spacial score (nSPS) is 13.2. The number of guanidine groups is 1. The van der Waals surface area contributed by atoms with E-state index < -0.39 is 0 Å². The van der Waals surface area contributed by atoms with Crippen LogP contribution >= 0.6 is 24.0 Å². The molecule has 1 aliphatic heterocycles. The van der Waals surface area contributed by atoms with Crippen molar-refractivity contribution in [1.82, 2.24) is 16.0 Å². The van der Waals surface area contributed by atoms with E-state index in [4.69, 9.17) is 9.47 Å². The number of nitrogens with zero attached hydrogens (tertiary/aromatic N) is 1. The molecule has 0 radical (unpaired) electrons. The number of carbonyl (C=O) groups excluding carboxylic acids is 1. The number of benzene rings is 2. The molecule has 3 rings (SSSR count). The minimum Gasteiger partial charge on any atom is -0.454 e. The van der Waals surface area contributed by atoms with Gasteiger partial charge in [0.05, 0.1) is 0 Å². The van der Waals surface area contributed by atoms with Gasteiger partial charge in [0.1, 0.15) is 0 Å². The number of carbonyl (C=O) groups is 1. The summed E-state index contributed by atoms with van der Waals surface area (Å²) >= 11 is 0. The SMILES string of the molecule is CCC(C)NC(=O)c1cccc(CNC(=NC)NCc2ccc3c(c2)OCO3)c1.I. The lowest BCUT2D eigenvalue weighted by Crippen LogP contribution is -2.36. The first-order valence-corrected chi connectivity index (χ1v) is 9.82. The lowest BCUT2D eigenvalue weighted by Gasteiger charge is -2.14. The van der Waals surface area contributed by atoms with Crippen LogP contribution in [0.25, 0.3) is 0 Å². The van der Waals surface area contributed by atoms with Crippen molar-refractivity contribution in [3.8, 4) is 11.5 Å². The van der Waals surface area contributed by atoms with Crippen molar-refractivity contribution in [2.45, 2.75) is 39.4 Å². The van der Waals surface area contributed by atoms with Crippen LogP contribution in [0.2, 0.25) is 0 Å². The van der Waals surface area contributed by atoms with E-state index in [1.54, 1.807) is 7.05 Å². The van der Waals surface area contributed by atoms with E-state index in [0.29, 0.717) is 24.6 Å². The maximum atomic E-state index is 12.3. The summed E-state index contributed by atoms with van der Waals surface area (Å²) in [5.41, 5.74) is 2.74. The summed E-state index contributed by atoms with van der Waals surface area (Å²) in [6, 6.07) is 13.6. The summed E-state index contributed by atoms with van der Waals surface area (Å²) in [6.45, 7) is 5.48. The molecule has 8 heteroatoms. The van der Waals surface area contributed by atoms with Gasteiger partial charge in [-0.1, -0.05) is 25.1 Å². The lowest BCUT2D eigenvalue weighted by molar-refractivity contribution is 0.0939. The maximum absolute atomic E-state index is 12.3. The van der Waals surface area contributed by atoms with Crippen LogP contribution < -0.4 is 25.4 Å². The Kier molecular flexibility index (Phi) is 9.22. The number of aliphatic imine (C=N–C) groups is 1. The summed E-state index contributed by atoms with van der Waals surface area (Å²) in [5.74, 6) is 2.16. The highest BCUT2D eigenvalue weighted by molar-refractivity contribution is 14.0. The Morgan fingerprint density at radius 1 is 1.07 bits per heavy atom. The average molecular weight is 524 g/mol. The molecule has 0 aliphatic carbocycles. The third kappa shape index (κ3) is 6.51. The molecule has 7 nitrogen and oxygen atoms in total. The van der Waals surface area contributed by atoms with Crippen molar-refractivity contribution in [1.29, 1.82) is 0 Å². The van der Waals surface area contributed by atoms with Crippen molar-refractivity contribution in [2.24, 2.45) is 4.99 Å². The molecule has 1 atom stereocenters. The zero-order chi connectivity index (χ0) is 20.6. The first kappa shape index (κ1) is 23.8. The number of hydrogen-bond acceptors (Lipinski definition) is 4. The average Bonchev–Trinajstić information content (AvgIpc) is 3.21. The molecule has 1 unspecified atom stereocenters. The largest absolute Gasteiger partial charge is 0.454 e. The highest BCUT2D eigenvalue weighted by Crippen LogP contribution is 2.32. The molecule has 3 N–H and O–H groups in total. The Morgan fingerprint density at radius 3 is 2.47 bits per heavy atom. The quantitative estimate of drug-likeness (QED) is 0.294. The summed E-state index contributed by atoms with van der Waals surface area (Å²) in [7, 11) is 1.73. The summed E-state index contributed by atoms with van der Waals surface area (Å²) < 4.78 is 10.7. The van der Waals surface area contributed by atoms with Crippen LogP contribution in [0.5, 0.6) is 11.5 Å². The van der Waals surface area contributed by atoms with E-state index in [1.165, 1.54) is 0 Å². The van der Waals surface area contributed by atoms with Gasteiger partial charge >= 0.3 is 0 Å². The van der Waals surface area contributed by atoms with E-state index in [-0.39, 0.29) is 42.7 Å². The summed E-state index contributed by atoms with van der Waals surface area (Å²) in [5, 5.41) is 9.55. The van der Waals surface area contributed by atoms with Crippen LogP contribution in [0.1, 0.15) is 41.8 Å². The third-order valence-corrected chi connectivity index (χ3v) is 4.76. The fraction of sp³-hybridized carbons (Fsp3) is 0.364. The van der Waals surface area contributed by atoms with Crippen molar-refractivity contribution >= 4 is 35.8 Å². The Labute approximate surface area is 194 Å². The summed E-state index contributed by atoms with van der Waals surface area (Å²) in [4.78, 5) is 16.6. The number of halogens is 1. The van der Waals surface area contributed by atoms with E-state index in [0.717, 1.165) is 29.0 Å². The zero-order valence-electron chi connectivity index (χ0n) is 17.5. The molecule has 1 aliphatic rings. The minimum atomic E-state index is -0.0495. The van der Waals surface area contributed by atoms with Gasteiger partial charge in [0, 0.05) is 31.7 Å². The van der Waals surface area contributed by atoms with E-state index in [9.17, 15) is 4.79 Å². The predicted molar refractivity (Wildman–Crippen MR) is 129 cm³/mol. The van der Waals surface area contributed by atoms with Gasteiger partial charge < -0.3 is 25.4 Å². The molecule has 0 saturated heterocycles. The topological polar surface area (TPSA) is 84.0 Å². The van der Waals surface area contributed by atoms with Crippen LogP contribution in [0.4, 0.5) is 0 Å². The minimum absolute atomic E-state index is 0. The molecular weight excluding hydrogens is 495 g/mol. The molecule has 0 aromatic heterocycles. The molecule has 0 saturated carbocycles. The Morgan fingerprint density at radius 2 is 1.77 bits per heavy atom. The monoisotopic (exact) mass is 524 g/mol. The second kappa shape index (κ2) is 11.6. The molecule has 1 amide bonds. The highest BCUT2D eigenvalue weighted by Gasteiger charge is 2.13. The van der Waals surface area contributed by atoms with Crippen molar-refractivity contribution in [3.63, 3.8) is 0 Å². The number of rotatable bonds is 7. The van der Waals surface area contributed by atoms with Crippen LogP contribution in [0.15, 0.2) is 47.5 Å². The fourth-order valence-corrected chi connectivity index (χ4v) is 2.87. The Bertz CT molecular complexity index is 888. The first-order chi connectivity index (χ1) is 14.1. The van der Waals surface area contributed by atoms with Gasteiger partial charge in [0.25, 0.3) is 5.91 Å². The molecule has 30 heavy (non-hydrogen) atoms. The van der Waals surface area contributed by atoms with Gasteiger partial charge in [-0.25, -0.2) is 0 Å². The van der Waals surface area contributed by atoms with Crippen LogP contribution in [0.3, 0.4) is 0 Å². The molecule has 2 aromatic rings. The van der Waals surface area contributed by atoms with Crippen molar-refractivity contribution in [3.05, 3.63) is 59.2 Å². The Hall–Kier alpha value is -2.49.